The Bertz CT molecular complexity index is 653. The topological polar surface area (TPSA) is 68.1 Å². The number of hydrogen-bond donors (Lipinski definition) is 1. The number of methoxy groups -OCH3 is 1. The molecule has 5 heteroatoms. The summed E-state index contributed by atoms with van der Waals surface area (Å²) in [5.74, 6) is -0.194. The van der Waals surface area contributed by atoms with Gasteiger partial charge < -0.3 is 14.7 Å². The monoisotopic (exact) mass is 327 g/mol. The molecule has 1 unspecified atom stereocenters. The van der Waals surface area contributed by atoms with Crippen LogP contribution in [0.4, 0.5) is 0 Å². The van der Waals surface area contributed by atoms with Gasteiger partial charge in [-0.05, 0) is 36.1 Å². The SMILES string of the molecule is COc1ccc(CCC(/C=N\O)C(=O)OCc2ccccc2)cc1. The van der Waals surface area contributed by atoms with E-state index in [4.69, 9.17) is 14.7 Å². The highest BCUT2D eigenvalue weighted by Gasteiger charge is 2.18. The van der Waals surface area contributed by atoms with E-state index in [1.807, 2.05) is 54.6 Å². The summed E-state index contributed by atoms with van der Waals surface area (Å²) in [6, 6.07) is 17.1. The van der Waals surface area contributed by atoms with Gasteiger partial charge in [0.15, 0.2) is 0 Å². The van der Waals surface area contributed by atoms with E-state index in [1.54, 1.807) is 7.11 Å². The minimum Gasteiger partial charge on any atom is -0.497 e. The van der Waals surface area contributed by atoms with Crippen molar-refractivity contribution in [3.8, 4) is 5.75 Å². The van der Waals surface area contributed by atoms with E-state index in [1.165, 1.54) is 6.21 Å². The number of carbonyl (C=O) groups excluding carboxylic acids is 1. The van der Waals surface area contributed by atoms with E-state index in [2.05, 4.69) is 5.16 Å². The molecule has 2 aromatic carbocycles. The van der Waals surface area contributed by atoms with Crippen LogP contribution in [0.25, 0.3) is 0 Å². The normalized spacial score (nSPS) is 12.0. The summed E-state index contributed by atoms with van der Waals surface area (Å²) < 4.78 is 10.4. The van der Waals surface area contributed by atoms with Crippen molar-refractivity contribution in [2.45, 2.75) is 19.4 Å². The average molecular weight is 327 g/mol. The van der Waals surface area contributed by atoms with Crippen LogP contribution in [0.15, 0.2) is 59.8 Å². The number of benzene rings is 2. The van der Waals surface area contributed by atoms with Crippen molar-refractivity contribution in [2.24, 2.45) is 11.1 Å². The summed E-state index contributed by atoms with van der Waals surface area (Å²) in [7, 11) is 1.62. The van der Waals surface area contributed by atoms with Crippen LogP contribution in [0.5, 0.6) is 5.75 Å². The van der Waals surface area contributed by atoms with Crippen LogP contribution in [0, 0.1) is 5.92 Å². The van der Waals surface area contributed by atoms with Crippen LogP contribution in [-0.4, -0.2) is 24.5 Å². The molecule has 0 aliphatic heterocycles. The number of carbonyl (C=O) groups is 1. The van der Waals surface area contributed by atoms with Crippen molar-refractivity contribution in [2.75, 3.05) is 7.11 Å². The Labute approximate surface area is 141 Å². The van der Waals surface area contributed by atoms with Gasteiger partial charge in [0.05, 0.1) is 19.2 Å². The third-order valence-corrected chi connectivity index (χ3v) is 3.68. The van der Waals surface area contributed by atoms with E-state index in [0.717, 1.165) is 16.9 Å². The van der Waals surface area contributed by atoms with Crippen LogP contribution in [0.1, 0.15) is 17.5 Å². The lowest BCUT2D eigenvalue weighted by molar-refractivity contribution is -0.147. The van der Waals surface area contributed by atoms with Crippen molar-refractivity contribution in [1.29, 1.82) is 0 Å². The zero-order chi connectivity index (χ0) is 17.2. The first-order valence-electron chi connectivity index (χ1n) is 7.74. The van der Waals surface area contributed by atoms with Gasteiger partial charge in [-0.25, -0.2) is 0 Å². The van der Waals surface area contributed by atoms with Crippen molar-refractivity contribution in [1.82, 2.24) is 0 Å². The van der Waals surface area contributed by atoms with Crippen LogP contribution in [-0.2, 0) is 22.6 Å². The van der Waals surface area contributed by atoms with Gasteiger partial charge in [0.2, 0.25) is 0 Å². The largest absolute Gasteiger partial charge is 0.497 e. The Hall–Kier alpha value is -2.82. The summed E-state index contributed by atoms with van der Waals surface area (Å²) >= 11 is 0. The van der Waals surface area contributed by atoms with Crippen molar-refractivity contribution in [3.63, 3.8) is 0 Å². The standard InChI is InChI=1S/C19H21NO4/c1-23-18-11-8-15(9-12-18)7-10-17(13-20-22)19(21)24-14-16-5-3-2-4-6-16/h2-6,8-9,11-13,17,22H,7,10,14H2,1H3/b20-13-. The van der Waals surface area contributed by atoms with Crippen molar-refractivity contribution < 1.29 is 19.5 Å². The lowest BCUT2D eigenvalue weighted by Gasteiger charge is -2.12. The predicted molar refractivity (Wildman–Crippen MR) is 91.3 cm³/mol. The number of oxime groups is 1. The van der Waals surface area contributed by atoms with E-state index < -0.39 is 11.9 Å². The fourth-order valence-electron chi connectivity index (χ4n) is 2.28. The fourth-order valence-corrected chi connectivity index (χ4v) is 2.28. The minimum absolute atomic E-state index is 0.206. The second kappa shape index (κ2) is 9.35. The van der Waals surface area contributed by atoms with E-state index >= 15 is 0 Å². The molecule has 1 N–H and O–H groups in total. The van der Waals surface area contributed by atoms with Gasteiger partial charge in [-0.1, -0.05) is 42.5 Å². The Balaban J connectivity index is 1.88. The lowest BCUT2D eigenvalue weighted by atomic mass is 10.0. The maximum atomic E-state index is 12.2. The van der Waals surface area contributed by atoms with E-state index in [9.17, 15) is 4.79 Å². The van der Waals surface area contributed by atoms with Crippen molar-refractivity contribution in [3.05, 3.63) is 65.7 Å². The molecule has 2 rings (SSSR count). The maximum Gasteiger partial charge on any atom is 0.314 e. The number of esters is 1. The highest BCUT2D eigenvalue weighted by molar-refractivity contribution is 5.89. The van der Waals surface area contributed by atoms with Gasteiger partial charge >= 0.3 is 5.97 Å². The number of hydrogen-bond acceptors (Lipinski definition) is 5. The molecule has 0 fully saturated rings. The highest BCUT2D eigenvalue weighted by atomic mass is 16.5. The van der Waals surface area contributed by atoms with Crippen molar-refractivity contribution >= 4 is 12.2 Å². The molecular weight excluding hydrogens is 306 g/mol. The molecule has 24 heavy (non-hydrogen) atoms. The predicted octanol–water partition coefficient (Wildman–Crippen LogP) is 3.45. The van der Waals surface area contributed by atoms with Gasteiger partial charge in [-0.2, -0.15) is 0 Å². The zero-order valence-corrected chi connectivity index (χ0v) is 13.6. The van der Waals surface area contributed by atoms with Gasteiger partial charge in [0, 0.05) is 0 Å². The summed E-state index contributed by atoms with van der Waals surface area (Å²) in [6.07, 6.45) is 2.39. The molecule has 0 saturated carbocycles. The van der Waals surface area contributed by atoms with Gasteiger partial charge in [-0.3, -0.25) is 4.79 Å². The molecular formula is C19H21NO4. The third kappa shape index (κ3) is 5.43. The molecule has 2 aromatic rings. The van der Waals surface area contributed by atoms with Gasteiger partial charge in [-0.15, -0.1) is 5.16 Å². The molecule has 0 amide bonds. The summed E-state index contributed by atoms with van der Waals surface area (Å²) in [5, 5.41) is 11.8. The number of nitrogens with zero attached hydrogens (tertiary/aromatic N) is 1. The molecule has 0 bridgehead atoms. The molecule has 0 aromatic heterocycles. The second-order valence-corrected chi connectivity index (χ2v) is 5.35. The molecule has 126 valence electrons. The minimum atomic E-state index is -0.583. The number of aryl methyl sites for hydroxylation is 1. The molecule has 0 aliphatic carbocycles. The van der Waals surface area contributed by atoms with Gasteiger partial charge in [0.25, 0.3) is 0 Å². The van der Waals surface area contributed by atoms with Crippen LogP contribution >= 0.6 is 0 Å². The Kier molecular flexibility index (Phi) is 6.83. The van der Waals surface area contributed by atoms with Gasteiger partial charge in [0.1, 0.15) is 12.4 Å². The van der Waals surface area contributed by atoms with E-state index in [-0.39, 0.29) is 6.61 Å². The first-order chi connectivity index (χ1) is 11.7. The van der Waals surface area contributed by atoms with Crippen LogP contribution < -0.4 is 4.74 Å². The second-order valence-electron chi connectivity index (χ2n) is 5.35. The Morgan fingerprint density at radius 2 is 1.83 bits per heavy atom. The summed E-state index contributed by atoms with van der Waals surface area (Å²) in [5.41, 5.74) is 1.99. The smallest absolute Gasteiger partial charge is 0.314 e. The highest BCUT2D eigenvalue weighted by Crippen LogP contribution is 2.15. The quantitative estimate of drug-likeness (QED) is 0.349. The average Bonchev–Trinajstić information content (AvgIpc) is 2.64. The Morgan fingerprint density at radius 3 is 2.46 bits per heavy atom. The third-order valence-electron chi connectivity index (χ3n) is 3.68. The zero-order valence-electron chi connectivity index (χ0n) is 13.6. The number of rotatable bonds is 8. The summed E-state index contributed by atoms with van der Waals surface area (Å²) in [4.78, 5) is 12.2. The molecule has 0 aliphatic rings. The van der Waals surface area contributed by atoms with E-state index in [0.29, 0.717) is 12.8 Å². The van der Waals surface area contributed by atoms with Crippen LogP contribution in [0.2, 0.25) is 0 Å². The molecule has 0 radical (unpaired) electrons. The lowest BCUT2D eigenvalue weighted by Crippen LogP contribution is -2.20. The molecule has 1 atom stereocenters. The maximum absolute atomic E-state index is 12.2. The molecule has 0 heterocycles. The first-order valence-corrected chi connectivity index (χ1v) is 7.74. The van der Waals surface area contributed by atoms with Crippen LogP contribution in [0.3, 0.4) is 0 Å². The fraction of sp³-hybridized carbons (Fsp3) is 0.263. The Morgan fingerprint density at radius 1 is 1.12 bits per heavy atom. The summed E-state index contributed by atoms with van der Waals surface area (Å²) in [6.45, 7) is 0.206. The number of ether oxygens (including phenoxy) is 2. The molecule has 0 saturated heterocycles. The molecule has 5 nitrogen and oxygen atoms in total. The first kappa shape index (κ1) is 17.5. The molecule has 0 spiro atoms.